The Morgan fingerprint density at radius 1 is 1.32 bits per heavy atom. The number of aldehydes is 1. The number of likely N-dealkylation sites (tertiary alicyclic amines) is 1. The first-order valence-electron chi connectivity index (χ1n) is 7.03. The van der Waals surface area contributed by atoms with E-state index in [0.29, 0.717) is 5.92 Å². The summed E-state index contributed by atoms with van der Waals surface area (Å²) >= 11 is 0. The molecule has 1 heterocycles. The number of benzene rings is 1. The van der Waals surface area contributed by atoms with Crippen LogP contribution < -0.4 is 0 Å². The standard InChI is InChI=1S/C16H23NO2/c1-16(13-19,15-5-3-2-4-6-15)12-17-9-7-14(11-18)8-10-17/h2-6,13-14,18H,7-12H2,1H3. The fourth-order valence-electron chi connectivity index (χ4n) is 2.81. The minimum atomic E-state index is -0.437. The minimum absolute atomic E-state index is 0.289. The van der Waals surface area contributed by atoms with Crippen LogP contribution in [0.1, 0.15) is 25.3 Å². The van der Waals surface area contributed by atoms with Gasteiger partial charge in [0.15, 0.2) is 0 Å². The maximum Gasteiger partial charge on any atom is 0.131 e. The summed E-state index contributed by atoms with van der Waals surface area (Å²) in [6, 6.07) is 9.98. The van der Waals surface area contributed by atoms with Crippen molar-refractivity contribution in [1.82, 2.24) is 4.90 Å². The van der Waals surface area contributed by atoms with E-state index < -0.39 is 5.41 Å². The Balaban J connectivity index is 2.02. The number of carbonyl (C=O) groups is 1. The first kappa shape index (κ1) is 14.2. The van der Waals surface area contributed by atoms with Crippen molar-refractivity contribution in [3.05, 3.63) is 35.9 Å². The predicted octanol–water partition coefficient (Wildman–Crippen LogP) is 1.85. The van der Waals surface area contributed by atoms with Gasteiger partial charge in [-0.15, -0.1) is 0 Å². The summed E-state index contributed by atoms with van der Waals surface area (Å²) < 4.78 is 0. The molecule has 1 unspecified atom stereocenters. The van der Waals surface area contributed by atoms with Crippen molar-refractivity contribution in [2.75, 3.05) is 26.2 Å². The normalized spacial score (nSPS) is 20.9. The number of aliphatic hydroxyl groups excluding tert-OH is 1. The molecule has 1 atom stereocenters. The van der Waals surface area contributed by atoms with Crippen molar-refractivity contribution >= 4 is 6.29 Å². The van der Waals surface area contributed by atoms with Gasteiger partial charge in [-0.1, -0.05) is 30.3 Å². The highest BCUT2D eigenvalue weighted by molar-refractivity contribution is 5.68. The van der Waals surface area contributed by atoms with E-state index in [9.17, 15) is 4.79 Å². The molecule has 0 radical (unpaired) electrons. The molecule has 19 heavy (non-hydrogen) atoms. The molecular weight excluding hydrogens is 238 g/mol. The highest BCUT2D eigenvalue weighted by Gasteiger charge is 2.30. The monoisotopic (exact) mass is 261 g/mol. The van der Waals surface area contributed by atoms with E-state index in [1.807, 2.05) is 37.3 Å². The molecule has 1 fully saturated rings. The third-order valence-corrected chi connectivity index (χ3v) is 4.21. The van der Waals surface area contributed by atoms with E-state index in [2.05, 4.69) is 4.90 Å². The number of piperidine rings is 1. The molecule has 1 aromatic rings. The van der Waals surface area contributed by atoms with Crippen molar-refractivity contribution in [2.24, 2.45) is 5.92 Å². The average Bonchev–Trinajstić information content (AvgIpc) is 2.49. The molecule has 0 spiro atoms. The Hall–Kier alpha value is -1.19. The summed E-state index contributed by atoms with van der Waals surface area (Å²) in [5.41, 5.74) is 0.641. The van der Waals surface area contributed by atoms with Crippen LogP contribution in [-0.2, 0) is 10.2 Å². The van der Waals surface area contributed by atoms with Crippen LogP contribution in [0.5, 0.6) is 0 Å². The van der Waals surface area contributed by atoms with Crippen LogP contribution in [0.25, 0.3) is 0 Å². The van der Waals surface area contributed by atoms with Gasteiger partial charge in [0, 0.05) is 13.2 Å². The van der Waals surface area contributed by atoms with Gasteiger partial charge in [0.1, 0.15) is 6.29 Å². The molecule has 0 aromatic heterocycles. The van der Waals surface area contributed by atoms with E-state index >= 15 is 0 Å². The molecule has 1 saturated heterocycles. The molecule has 1 aliphatic rings. The van der Waals surface area contributed by atoms with Gasteiger partial charge in [-0.2, -0.15) is 0 Å². The van der Waals surface area contributed by atoms with Gasteiger partial charge >= 0.3 is 0 Å². The molecule has 0 bridgehead atoms. The van der Waals surface area contributed by atoms with Gasteiger partial charge in [-0.3, -0.25) is 0 Å². The van der Waals surface area contributed by atoms with Crippen LogP contribution in [0.4, 0.5) is 0 Å². The van der Waals surface area contributed by atoms with Gasteiger partial charge in [-0.05, 0) is 44.3 Å². The van der Waals surface area contributed by atoms with Crippen molar-refractivity contribution in [1.29, 1.82) is 0 Å². The maximum atomic E-state index is 11.6. The lowest BCUT2D eigenvalue weighted by atomic mass is 9.82. The number of nitrogens with zero attached hydrogens (tertiary/aromatic N) is 1. The molecule has 104 valence electrons. The second-order valence-electron chi connectivity index (χ2n) is 5.80. The number of hydrogen-bond acceptors (Lipinski definition) is 3. The largest absolute Gasteiger partial charge is 0.396 e. The topological polar surface area (TPSA) is 40.5 Å². The van der Waals surface area contributed by atoms with Crippen molar-refractivity contribution < 1.29 is 9.90 Å². The van der Waals surface area contributed by atoms with Crippen LogP contribution in [0.2, 0.25) is 0 Å². The zero-order valence-corrected chi connectivity index (χ0v) is 11.6. The zero-order valence-electron chi connectivity index (χ0n) is 11.6. The molecule has 0 aliphatic carbocycles. The summed E-state index contributed by atoms with van der Waals surface area (Å²) in [4.78, 5) is 13.9. The lowest BCUT2D eigenvalue weighted by Crippen LogP contribution is -2.44. The summed E-state index contributed by atoms with van der Waals surface area (Å²) in [5, 5.41) is 9.16. The number of aliphatic hydroxyl groups is 1. The number of carbonyl (C=O) groups excluding carboxylic acids is 1. The molecular formula is C16H23NO2. The van der Waals surface area contributed by atoms with E-state index in [1.54, 1.807) is 0 Å². The summed E-state index contributed by atoms with van der Waals surface area (Å²) in [6.45, 7) is 5.01. The second-order valence-corrected chi connectivity index (χ2v) is 5.80. The quantitative estimate of drug-likeness (QED) is 0.822. The fraction of sp³-hybridized carbons (Fsp3) is 0.562. The number of rotatable bonds is 5. The van der Waals surface area contributed by atoms with Gasteiger partial charge in [-0.25, -0.2) is 0 Å². The molecule has 3 heteroatoms. The lowest BCUT2D eigenvalue weighted by molar-refractivity contribution is -0.113. The first-order chi connectivity index (χ1) is 9.18. The third-order valence-electron chi connectivity index (χ3n) is 4.21. The molecule has 2 rings (SSSR count). The average molecular weight is 261 g/mol. The van der Waals surface area contributed by atoms with Gasteiger partial charge in [0.25, 0.3) is 0 Å². The lowest BCUT2D eigenvalue weighted by Gasteiger charge is -2.36. The Morgan fingerprint density at radius 3 is 2.47 bits per heavy atom. The molecule has 1 aromatic carbocycles. The van der Waals surface area contributed by atoms with E-state index in [0.717, 1.165) is 44.3 Å². The van der Waals surface area contributed by atoms with Crippen molar-refractivity contribution in [2.45, 2.75) is 25.2 Å². The fourth-order valence-corrected chi connectivity index (χ4v) is 2.81. The van der Waals surface area contributed by atoms with Gasteiger partial charge in [0.05, 0.1) is 5.41 Å². The van der Waals surface area contributed by atoms with Crippen LogP contribution in [-0.4, -0.2) is 42.5 Å². The Kier molecular flexibility index (Phi) is 4.72. The molecule has 0 saturated carbocycles. The summed E-state index contributed by atoms with van der Waals surface area (Å²) in [5.74, 6) is 0.440. The predicted molar refractivity (Wildman–Crippen MR) is 76.1 cm³/mol. The Bertz CT molecular complexity index is 398. The van der Waals surface area contributed by atoms with Crippen molar-refractivity contribution in [3.8, 4) is 0 Å². The molecule has 0 amide bonds. The Morgan fingerprint density at radius 2 is 1.95 bits per heavy atom. The van der Waals surface area contributed by atoms with Crippen LogP contribution >= 0.6 is 0 Å². The highest BCUT2D eigenvalue weighted by Crippen LogP contribution is 2.25. The highest BCUT2D eigenvalue weighted by atomic mass is 16.3. The van der Waals surface area contributed by atoms with Crippen LogP contribution in [0, 0.1) is 5.92 Å². The second kappa shape index (κ2) is 6.31. The van der Waals surface area contributed by atoms with Crippen LogP contribution in [0.15, 0.2) is 30.3 Å². The van der Waals surface area contributed by atoms with Gasteiger partial charge < -0.3 is 14.8 Å². The van der Waals surface area contributed by atoms with Crippen molar-refractivity contribution in [3.63, 3.8) is 0 Å². The zero-order chi connectivity index (χ0) is 13.7. The minimum Gasteiger partial charge on any atom is -0.396 e. The van der Waals surface area contributed by atoms with Crippen LogP contribution in [0.3, 0.4) is 0 Å². The molecule has 3 nitrogen and oxygen atoms in total. The molecule has 1 aliphatic heterocycles. The molecule has 1 N–H and O–H groups in total. The summed E-state index contributed by atoms with van der Waals surface area (Å²) in [6.07, 6.45) is 3.13. The van der Waals surface area contributed by atoms with Gasteiger partial charge in [0.2, 0.25) is 0 Å². The summed E-state index contributed by atoms with van der Waals surface area (Å²) in [7, 11) is 0. The van der Waals surface area contributed by atoms with E-state index in [-0.39, 0.29) is 6.61 Å². The van der Waals surface area contributed by atoms with E-state index in [1.165, 1.54) is 0 Å². The number of hydrogen-bond donors (Lipinski definition) is 1. The first-order valence-corrected chi connectivity index (χ1v) is 7.03. The Labute approximate surface area is 115 Å². The van der Waals surface area contributed by atoms with E-state index in [4.69, 9.17) is 5.11 Å². The smallest absolute Gasteiger partial charge is 0.131 e. The maximum absolute atomic E-state index is 11.6. The SMILES string of the molecule is CC(C=O)(CN1CCC(CO)CC1)c1ccccc1. The third kappa shape index (κ3) is 3.43.